The molecule has 1 unspecified atom stereocenters. The Morgan fingerprint density at radius 2 is 1.81 bits per heavy atom. The molecular formula is C24H26F3N5O4S. The molecule has 2 aliphatic rings. The summed E-state index contributed by atoms with van der Waals surface area (Å²) in [6.07, 6.45) is -2.36. The largest absolute Gasteiger partial charge is 0.426 e. The molecule has 3 aromatic rings. The summed E-state index contributed by atoms with van der Waals surface area (Å²) in [5.41, 5.74) is 2.55. The van der Waals surface area contributed by atoms with Crippen molar-refractivity contribution < 1.29 is 31.1 Å². The predicted octanol–water partition coefficient (Wildman–Crippen LogP) is 4.23. The van der Waals surface area contributed by atoms with Crippen LogP contribution in [0, 0.1) is 0 Å². The molecule has 2 aliphatic heterocycles. The Morgan fingerprint density at radius 1 is 1.08 bits per heavy atom. The van der Waals surface area contributed by atoms with Crippen molar-refractivity contribution in [2.75, 3.05) is 17.2 Å². The number of aliphatic hydroxyl groups is 1. The van der Waals surface area contributed by atoms with Gasteiger partial charge in [0.2, 0.25) is 15.4 Å². The van der Waals surface area contributed by atoms with Gasteiger partial charge in [0.1, 0.15) is 10.7 Å². The summed E-state index contributed by atoms with van der Waals surface area (Å²) < 4.78 is 74.3. The monoisotopic (exact) mass is 537 g/mol. The van der Waals surface area contributed by atoms with Gasteiger partial charge in [-0.2, -0.15) is 13.2 Å². The van der Waals surface area contributed by atoms with Crippen molar-refractivity contribution in [3.05, 3.63) is 42.3 Å². The number of alkyl halides is 3. The number of rotatable bonds is 2. The number of sulfone groups is 1. The Bertz CT molecular complexity index is 1400. The van der Waals surface area contributed by atoms with Gasteiger partial charge in [0.15, 0.2) is 5.69 Å². The Kier molecular flexibility index (Phi) is 6.39. The van der Waals surface area contributed by atoms with Gasteiger partial charge in [-0.3, -0.25) is 0 Å². The number of nitrogens with two attached hydrogens (primary N) is 1. The maximum atomic E-state index is 13.9. The molecule has 1 aromatic carbocycles. The Balaban J connectivity index is 1.71. The molecule has 1 saturated heterocycles. The molecule has 4 heterocycles. The lowest BCUT2D eigenvalue weighted by atomic mass is 9.94. The van der Waals surface area contributed by atoms with Crippen molar-refractivity contribution in [2.45, 2.75) is 72.6 Å². The number of anilines is 2. The molecule has 0 radical (unpaired) electrons. The number of hydrogen-bond donors (Lipinski definition) is 2. The van der Waals surface area contributed by atoms with Crippen molar-refractivity contribution in [1.29, 1.82) is 0 Å². The first-order valence-corrected chi connectivity index (χ1v) is 13.5. The average molecular weight is 538 g/mol. The first-order chi connectivity index (χ1) is 17.5. The molecular weight excluding hydrogens is 511 g/mol. The van der Waals surface area contributed by atoms with Crippen LogP contribution in [-0.4, -0.2) is 47.5 Å². The standard InChI is InChI=1S/C24H26F3N5O4S/c25-24(26,27)23(33)12-6-2-3-8-15-9-7-13-32(15)20-18(37(34,35)16-10-4-1-5-11-16)14-17(28)19(29-20)21-30-31-22(23)36-21/h1,4-5,10-11,14-15,33H,2-3,6-9,12-13,28H2/t15-,23?/m1/s1. The molecule has 13 heteroatoms. The van der Waals surface area contributed by atoms with Crippen molar-refractivity contribution in [3.63, 3.8) is 0 Å². The van der Waals surface area contributed by atoms with E-state index in [-0.39, 0.29) is 39.5 Å². The maximum absolute atomic E-state index is 13.9. The van der Waals surface area contributed by atoms with Gasteiger partial charge in [0.05, 0.1) is 10.6 Å². The van der Waals surface area contributed by atoms with Gasteiger partial charge < -0.3 is 20.2 Å². The second-order valence-electron chi connectivity index (χ2n) is 9.42. The van der Waals surface area contributed by atoms with Crippen molar-refractivity contribution >= 4 is 21.3 Å². The van der Waals surface area contributed by atoms with E-state index in [0.717, 1.165) is 12.8 Å². The molecule has 0 saturated carbocycles. The maximum Gasteiger partial charge on any atom is 0.426 e. The average Bonchev–Trinajstić information content (AvgIpc) is 3.53. The van der Waals surface area contributed by atoms with Crippen LogP contribution in [0.1, 0.15) is 50.8 Å². The van der Waals surface area contributed by atoms with Crippen LogP contribution >= 0.6 is 0 Å². The van der Waals surface area contributed by atoms with E-state index in [4.69, 9.17) is 10.2 Å². The molecule has 0 aliphatic carbocycles. The third-order valence-corrected chi connectivity index (χ3v) is 8.79. The number of nitrogens with zero attached hydrogens (tertiary/aromatic N) is 4. The Hall–Kier alpha value is -3.19. The minimum absolute atomic E-state index is 0.0589. The fourth-order valence-electron chi connectivity index (χ4n) is 5.01. The fourth-order valence-corrected chi connectivity index (χ4v) is 6.46. The van der Waals surface area contributed by atoms with E-state index < -0.39 is 39.8 Å². The highest BCUT2D eigenvalue weighted by Gasteiger charge is 2.58. The molecule has 2 aromatic heterocycles. The molecule has 0 spiro atoms. The number of fused-ring (bicyclic) bond motifs is 7. The number of aromatic nitrogens is 3. The van der Waals surface area contributed by atoms with Crippen molar-refractivity contribution in [2.24, 2.45) is 0 Å². The highest BCUT2D eigenvalue weighted by Crippen LogP contribution is 2.44. The minimum atomic E-state index is -5.05. The minimum Gasteiger partial charge on any atom is -0.416 e. The van der Waals surface area contributed by atoms with E-state index in [9.17, 15) is 26.7 Å². The Morgan fingerprint density at radius 3 is 2.54 bits per heavy atom. The van der Waals surface area contributed by atoms with Crippen LogP contribution in [0.3, 0.4) is 0 Å². The van der Waals surface area contributed by atoms with Gasteiger partial charge in [-0.15, -0.1) is 10.2 Å². The predicted molar refractivity (Wildman–Crippen MR) is 127 cm³/mol. The second-order valence-corrected chi connectivity index (χ2v) is 11.3. The van der Waals surface area contributed by atoms with Crippen LogP contribution in [0.2, 0.25) is 0 Å². The van der Waals surface area contributed by atoms with E-state index in [0.29, 0.717) is 25.8 Å². The smallest absolute Gasteiger partial charge is 0.416 e. The molecule has 5 rings (SSSR count). The topological polar surface area (TPSA) is 135 Å². The van der Waals surface area contributed by atoms with Crippen LogP contribution in [0.15, 0.2) is 50.6 Å². The summed E-state index contributed by atoms with van der Waals surface area (Å²) in [6, 6.07) is 9.04. The van der Waals surface area contributed by atoms with Crippen LogP contribution in [-0.2, 0) is 15.4 Å². The van der Waals surface area contributed by atoms with Gasteiger partial charge in [-0.25, -0.2) is 13.4 Å². The Labute approximate surface area is 211 Å². The van der Waals surface area contributed by atoms with Gasteiger partial charge in [0.25, 0.3) is 11.8 Å². The third-order valence-electron chi connectivity index (χ3n) is 7.02. The molecule has 198 valence electrons. The molecule has 37 heavy (non-hydrogen) atoms. The normalized spacial score (nSPS) is 22.9. The fraction of sp³-hybridized carbons (Fsp3) is 0.458. The number of pyridine rings is 1. The highest BCUT2D eigenvalue weighted by atomic mass is 32.2. The van der Waals surface area contributed by atoms with Crippen molar-refractivity contribution in [1.82, 2.24) is 15.2 Å². The second kappa shape index (κ2) is 9.28. The first-order valence-electron chi connectivity index (χ1n) is 12.0. The molecule has 3 N–H and O–H groups in total. The summed E-state index contributed by atoms with van der Waals surface area (Å²) in [6.45, 7) is 0.557. The van der Waals surface area contributed by atoms with E-state index in [1.54, 1.807) is 18.2 Å². The van der Waals surface area contributed by atoms with Crippen LogP contribution in [0.5, 0.6) is 0 Å². The van der Waals surface area contributed by atoms with E-state index in [2.05, 4.69) is 15.2 Å². The van der Waals surface area contributed by atoms with Crippen molar-refractivity contribution in [3.8, 4) is 11.6 Å². The van der Waals surface area contributed by atoms with E-state index in [1.807, 2.05) is 4.90 Å². The van der Waals surface area contributed by atoms with Gasteiger partial charge >= 0.3 is 6.18 Å². The lowest BCUT2D eigenvalue weighted by Gasteiger charge is -2.29. The highest BCUT2D eigenvalue weighted by molar-refractivity contribution is 7.91. The van der Waals surface area contributed by atoms with E-state index >= 15 is 0 Å². The van der Waals surface area contributed by atoms with Crippen LogP contribution in [0.4, 0.5) is 24.7 Å². The van der Waals surface area contributed by atoms with E-state index in [1.165, 1.54) is 18.2 Å². The number of benzene rings is 1. The van der Waals surface area contributed by atoms with Gasteiger partial charge in [-0.05, 0) is 50.3 Å². The lowest BCUT2D eigenvalue weighted by Crippen LogP contribution is -2.42. The SMILES string of the molecule is Nc1cc(S(=O)(=O)c2ccccc2)c2nc1-c1nnc(o1)C(O)(C(F)(F)F)CCCCC[C@@H]1CCCN21. The molecule has 0 amide bonds. The summed E-state index contributed by atoms with van der Waals surface area (Å²) in [5, 5.41) is 17.8. The summed E-state index contributed by atoms with van der Waals surface area (Å²) >= 11 is 0. The van der Waals surface area contributed by atoms with Crippen LogP contribution < -0.4 is 10.6 Å². The zero-order valence-corrected chi connectivity index (χ0v) is 20.6. The number of nitrogen functional groups attached to an aromatic ring is 1. The zero-order chi connectivity index (χ0) is 26.4. The number of halogens is 3. The summed E-state index contributed by atoms with van der Waals surface area (Å²) in [5.74, 6) is -1.30. The van der Waals surface area contributed by atoms with Crippen LogP contribution in [0.25, 0.3) is 11.6 Å². The lowest BCUT2D eigenvalue weighted by molar-refractivity contribution is -0.277. The summed E-state index contributed by atoms with van der Waals surface area (Å²) in [7, 11) is -4.04. The zero-order valence-electron chi connectivity index (χ0n) is 19.8. The molecule has 1 fully saturated rings. The number of hydrogen-bond acceptors (Lipinski definition) is 9. The molecule has 9 nitrogen and oxygen atoms in total. The van der Waals surface area contributed by atoms with Gasteiger partial charge in [-0.1, -0.05) is 31.0 Å². The summed E-state index contributed by atoms with van der Waals surface area (Å²) in [4.78, 5) is 6.39. The third kappa shape index (κ3) is 4.43. The first kappa shape index (κ1) is 25.5. The molecule has 4 bridgehead atoms. The quantitative estimate of drug-likeness (QED) is 0.492. The van der Waals surface area contributed by atoms with Gasteiger partial charge in [0, 0.05) is 12.6 Å². The molecule has 2 atom stereocenters.